The molecule has 0 bridgehead atoms. The number of amidine groups is 2. The summed E-state index contributed by atoms with van der Waals surface area (Å²) >= 11 is 0. The van der Waals surface area contributed by atoms with Gasteiger partial charge in [-0.3, -0.25) is 34.8 Å². The number of piperazine rings is 1. The van der Waals surface area contributed by atoms with Gasteiger partial charge in [-0.2, -0.15) is 0 Å². The molecule has 40 heavy (non-hydrogen) atoms. The number of nitrogens with zero attached hydrogens (tertiary/aromatic N) is 2. The van der Waals surface area contributed by atoms with Gasteiger partial charge in [0.1, 0.15) is 18.2 Å². The van der Waals surface area contributed by atoms with Gasteiger partial charge in [-0.05, 0) is 42.8 Å². The molecule has 10 N–H and O–H groups in total. The highest BCUT2D eigenvalue weighted by Crippen LogP contribution is 2.31. The van der Waals surface area contributed by atoms with E-state index < -0.39 is 54.5 Å². The molecule has 3 rings (SSSR count). The van der Waals surface area contributed by atoms with Crippen molar-refractivity contribution in [3.05, 3.63) is 65.2 Å². The number of carbonyl (C=O) groups excluding carboxylic acids is 4. The zero-order valence-corrected chi connectivity index (χ0v) is 21.5. The average molecular weight is 551 g/mol. The SMILES string of the molecule is N=C(N)c1ccc(NC(=O)CCC2(C(=O)CN)C(=O)N(CC(=O)O)CCN2C(=O)c2ccc(C(=N)N)cc2)cc1. The van der Waals surface area contributed by atoms with Crippen LogP contribution < -0.4 is 22.5 Å². The summed E-state index contributed by atoms with van der Waals surface area (Å²) in [5, 5.41) is 26.9. The molecule has 1 heterocycles. The third-order valence-corrected chi connectivity index (χ3v) is 6.55. The lowest BCUT2D eigenvalue weighted by Crippen LogP contribution is -2.72. The Balaban J connectivity index is 1.95. The molecule has 2 aromatic carbocycles. The highest BCUT2D eigenvalue weighted by molar-refractivity contribution is 6.16. The lowest BCUT2D eigenvalue weighted by atomic mass is 9.82. The summed E-state index contributed by atoms with van der Waals surface area (Å²) in [4.78, 5) is 67.0. The van der Waals surface area contributed by atoms with E-state index in [1.54, 1.807) is 0 Å². The van der Waals surface area contributed by atoms with Gasteiger partial charge in [0.25, 0.3) is 11.8 Å². The van der Waals surface area contributed by atoms with Crippen molar-refractivity contribution in [1.29, 1.82) is 10.8 Å². The minimum absolute atomic E-state index is 0.0914. The van der Waals surface area contributed by atoms with Crippen LogP contribution >= 0.6 is 0 Å². The fourth-order valence-electron chi connectivity index (χ4n) is 4.50. The molecule has 0 saturated carbocycles. The number of carbonyl (C=O) groups is 5. The van der Waals surface area contributed by atoms with Crippen molar-refractivity contribution < 1.29 is 29.1 Å². The summed E-state index contributed by atoms with van der Waals surface area (Å²) in [6.45, 7) is -1.70. The Bertz CT molecular complexity index is 1360. The number of carboxylic acid groups (broad SMARTS) is 1. The summed E-state index contributed by atoms with van der Waals surface area (Å²) < 4.78 is 0. The normalized spacial score (nSPS) is 16.8. The van der Waals surface area contributed by atoms with Crippen molar-refractivity contribution in [2.75, 3.05) is 31.5 Å². The summed E-state index contributed by atoms with van der Waals surface area (Å²) in [7, 11) is 0. The summed E-state index contributed by atoms with van der Waals surface area (Å²) in [6, 6.07) is 11.8. The first-order chi connectivity index (χ1) is 18.9. The number of hydrogen-bond donors (Lipinski definition) is 7. The number of anilines is 1. The second kappa shape index (κ2) is 12.2. The Morgan fingerprint density at radius 3 is 1.93 bits per heavy atom. The molecule has 1 aliphatic rings. The van der Waals surface area contributed by atoms with Crippen LogP contribution in [0.15, 0.2) is 48.5 Å². The number of Topliss-reactive ketones (excluding diaryl/α,β-unsaturated/α-hetero) is 1. The molecule has 2 aromatic rings. The van der Waals surface area contributed by atoms with Crippen molar-refractivity contribution in [1.82, 2.24) is 9.80 Å². The predicted octanol–water partition coefficient (Wildman–Crippen LogP) is -0.691. The number of aliphatic carboxylic acids is 1. The van der Waals surface area contributed by atoms with Crippen molar-refractivity contribution in [2.24, 2.45) is 17.2 Å². The van der Waals surface area contributed by atoms with Gasteiger partial charge in [0.05, 0.1) is 6.54 Å². The summed E-state index contributed by atoms with van der Waals surface area (Å²) in [5.74, 6) is -4.76. The molecule has 0 spiro atoms. The third-order valence-electron chi connectivity index (χ3n) is 6.55. The topological polar surface area (TPSA) is 250 Å². The predicted molar refractivity (Wildman–Crippen MR) is 145 cm³/mol. The monoisotopic (exact) mass is 550 g/mol. The Kier molecular flexibility index (Phi) is 8.96. The number of amides is 3. The molecular weight excluding hydrogens is 520 g/mol. The average Bonchev–Trinajstić information content (AvgIpc) is 2.92. The summed E-state index contributed by atoms with van der Waals surface area (Å²) in [5.41, 5.74) is 15.6. The smallest absolute Gasteiger partial charge is 0.323 e. The van der Waals surface area contributed by atoms with E-state index >= 15 is 0 Å². The van der Waals surface area contributed by atoms with Gasteiger partial charge >= 0.3 is 5.97 Å². The first-order valence-corrected chi connectivity index (χ1v) is 12.2. The second-order valence-electron chi connectivity index (χ2n) is 9.10. The van der Waals surface area contributed by atoms with Crippen LogP contribution in [0.1, 0.15) is 34.3 Å². The maximum Gasteiger partial charge on any atom is 0.323 e. The highest BCUT2D eigenvalue weighted by atomic mass is 16.4. The lowest BCUT2D eigenvalue weighted by Gasteiger charge is -2.48. The molecule has 0 aromatic heterocycles. The number of ketones is 1. The number of rotatable bonds is 11. The van der Waals surface area contributed by atoms with Gasteiger partial charge in [-0.1, -0.05) is 12.1 Å². The van der Waals surface area contributed by atoms with E-state index in [0.717, 1.165) is 9.80 Å². The maximum absolute atomic E-state index is 13.7. The standard InChI is InChI=1S/C26H30N8O6/c27-13-19(35)26(10-9-20(36)32-18-7-5-16(6-8-18)23(30)31)25(40)33(14-21(37)38)11-12-34(26)24(39)17-3-1-15(2-4-17)22(28)29/h1-8H,9-14,27H2,(H3,28,29)(H3,30,31)(H,32,36)(H,37,38). The number of nitrogens with two attached hydrogens (primary N) is 3. The Morgan fingerprint density at radius 1 is 0.900 bits per heavy atom. The third kappa shape index (κ3) is 6.13. The van der Waals surface area contributed by atoms with E-state index in [4.69, 9.17) is 28.0 Å². The van der Waals surface area contributed by atoms with E-state index in [1.165, 1.54) is 48.5 Å². The van der Waals surface area contributed by atoms with Crippen LogP contribution in [0.5, 0.6) is 0 Å². The van der Waals surface area contributed by atoms with E-state index in [9.17, 15) is 29.1 Å². The van der Waals surface area contributed by atoms with Crippen LogP contribution in [0.2, 0.25) is 0 Å². The number of benzene rings is 2. The van der Waals surface area contributed by atoms with Gasteiger partial charge in [0.2, 0.25) is 5.91 Å². The molecule has 3 amide bonds. The second-order valence-corrected chi connectivity index (χ2v) is 9.10. The van der Waals surface area contributed by atoms with Gasteiger partial charge in [-0.15, -0.1) is 0 Å². The molecule has 1 atom stereocenters. The first kappa shape index (κ1) is 29.4. The number of hydrogen-bond acceptors (Lipinski definition) is 8. The molecule has 1 fully saturated rings. The Labute approximate surface area is 229 Å². The van der Waals surface area contributed by atoms with Crippen molar-refractivity contribution in [2.45, 2.75) is 18.4 Å². The van der Waals surface area contributed by atoms with E-state index in [1.807, 2.05) is 0 Å². The van der Waals surface area contributed by atoms with Crippen LogP contribution in [0.4, 0.5) is 5.69 Å². The molecule has 14 nitrogen and oxygen atoms in total. The van der Waals surface area contributed by atoms with E-state index in [-0.39, 0.29) is 36.7 Å². The molecule has 1 aliphatic heterocycles. The van der Waals surface area contributed by atoms with E-state index in [2.05, 4.69) is 5.32 Å². The van der Waals surface area contributed by atoms with Crippen LogP contribution in [0, 0.1) is 10.8 Å². The van der Waals surface area contributed by atoms with E-state index in [0.29, 0.717) is 16.8 Å². The zero-order chi connectivity index (χ0) is 29.6. The van der Waals surface area contributed by atoms with Gasteiger partial charge < -0.3 is 37.4 Å². The van der Waals surface area contributed by atoms with Crippen molar-refractivity contribution in [3.8, 4) is 0 Å². The Hall–Kier alpha value is -5.11. The lowest BCUT2D eigenvalue weighted by molar-refractivity contribution is -0.160. The highest BCUT2D eigenvalue weighted by Gasteiger charge is 2.56. The van der Waals surface area contributed by atoms with Crippen molar-refractivity contribution in [3.63, 3.8) is 0 Å². The molecule has 1 unspecified atom stereocenters. The molecule has 1 saturated heterocycles. The molecular formula is C26H30N8O6. The number of nitrogen functional groups attached to an aromatic ring is 2. The molecule has 14 heteroatoms. The Morgan fingerprint density at radius 2 is 1.43 bits per heavy atom. The van der Waals surface area contributed by atoms with Gasteiger partial charge in [0, 0.05) is 41.9 Å². The van der Waals surface area contributed by atoms with Gasteiger partial charge in [0.15, 0.2) is 11.3 Å². The maximum atomic E-state index is 13.7. The van der Waals surface area contributed by atoms with Crippen LogP contribution in [-0.4, -0.2) is 87.8 Å². The number of nitrogens with one attached hydrogen (secondary N) is 3. The quantitative estimate of drug-likeness (QED) is 0.106. The minimum Gasteiger partial charge on any atom is -0.480 e. The molecule has 0 aliphatic carbocycles. The fourth-order valence-corrected chi connectivity index (χ4v) is 4.50. The molecule has 210 valence electrons. The van der Waals surface area contributed by atoms with Crippen molar-refractivity contribution >= 4 is 46.8 Å². The first-order valence-electron chi connectivity index (χ1n) is 12.2. The van der Waals surface area contributed by atoms with Crippen LogP contribution in [0.25, 0.3) is 0 Å². The molecule has 0 radical (unpaired) electrons. The van der Waals surface area contributed by atoms with Crippen LogP contribution in [0.3, 0.4) is 0 Å². The minimum atomic E-state index is -2.23. The fraction of sp³-hybridized carbons (Fsp3) is 0.269. The van der Waals surface area contributed by atoms with Crippen LogP contribution in [-0.2, 0) is 19.2 Å². The zero-order valence-electron chi connectivity index (χ0n) is 21.5. The summed E-state index contributed by atoms with van der Waals surface area (Å²) in [6.07, 6.45) is -0.841. The largest absolute Gasteiger partial charge is 0.480 e. The van der Waals surface area contributed by atoms with Gasteiger partial charge in [-0.25, -0.2) is 0 Å². The number of carboxylic acids is 1.